The van der Waals surface area contributed by atoms with Crippen LogP contribution in [0.1, 0.15) is 25.3 Å². The van der Waals surface area contributed by atoms with Crippen molar-refractivity contribution < 1.29 is 28.5 Å². The SMILES string of the molecule is CCOC(=O)C1=C(C)OC(N)=C(C#N)C1c1cc2c(cc1OC)OCCO2. The third-order valence-electron chi connectivity index (χ3n) is 4.31. The van der Waals surface area contributed by atoms with E-state index >= 15 is 0 Å². The molecule has 27 heavy (non-hydrogen) atoms. The molecule has 0 aromatic heterocycles. The molecule has 142 valence electrons. The van der Waals surface area contributed by atoms with E-state index in [1.54, 1.807) is 26.0 Å². The van der Waals surface area contributed by atoms with Crippen molar-refractivity contribution in [2.45, 2.75) is 19.8 Å². The van der Waals surface area contributed by atoms with Gasteiger partial charge in [0, 0.05) is 11.6 Å². The van der Waals surface area contributed by atoms with Gasteiger partial charge in [0.05, 0.1) is 25.2 Å². The number of benzene rings is 1. The predicted octanol–water partition coefficient (Wildman–Crippen LogP) is 2.11. The highest BCUT2D eigenvalue weighted by Crippen LogP contribution is 2.47. The smallest absolute Gasteiger partial charge is 0.338 e. The van der Waals surface area contributed by atoms with Crippen molar-refractivity contribution in [1.82, 2.24) is 0 Å². The number of allylic oxidation sites excluding steroid dienone is 2. The molecular weight excluding hydrogens is 352 g/mol. The summed E-state index contributed by atoms with van der Waals surface area (Å²) in [5.74, 6) is 0.270. The number of hydrogen-bond acceptors (Lipinski definition) is 8. The lowest BCUT2D eigenvalue weighted by atomic mass is 9.82. The van der Waals surface area contributed by atoms with Crippen molar-refractivity contribution in [2.75, 3.05) is 26.9 Å². The number of nitriles is 1. The van der Waals surface area contributed by atoms with Crippen molar-refractivity contribution in [3.63, 3.8) is 0 Å². The second-order valence-corrected chi connectivity index (χ2v) is 5.85. The molecule has 0 fully saturated rings. The average Bonchev–Trinajstić information content (AvgIpc) is 2.66. The first-order valence-electron chi connectivity index (χ1n) is 8.44. The lowest BCUT2D eigenvalue weighted by Gasteiger charge is -2.29. The Labute approximate surface area is 156 Å². The molecule has 1 aromatic carbocycles. The van der Waals surface area contributed by atoms with Crippen molar-refractivity contribution in [2.24, 2.45) is 5.73 Å². The van der Waals surface area contributed by atoms with E-state index in [0.29, 0.717) is 36.0 Å². The molecule has 0 amide bonds. The molecule has 3 rings (SSSR count). The van der Waals surface area contributed by atoms with Gasteiger partial charge in [-0.1, -0.05) is 0 Å². The third-order valence-corrected chi connectivity index (χ3v) is 4.31. The van der Waals surface area contributed by atoms with Crippen LogP contribution in [0.4, 0.5) is 0 Å². The summed E-state index contributed by atoms with van der Waals surface area (Å²) < 4.78 is 27.3. The van der Waals surface area contributed by atoms with Crippen LogP contribution in [-0.4, -0.2) is 32.9 Å². The Morgan fingerprint density at radius 2 is 2.00 bits per heavy atom. The van der Waals surface area contributed by atoms with Crippen LogP contribution in [-0.2, 0) is 14.3 Å². The molecule has 1 unspecified atom stereocenters. The van der Waals surface area contributed by atoms with E-state index in [9.17, 15) is 10.1 Å². The number of ether oxygens (including phenoxy) is 5. The molecule has 0 saturated heterocycles. The summed E-state index contributed by atoms with van der Waals surface area (Å²) in [6, 6.07) is 5.41. The molecule has 2 aliphatic heterocycles. The van der Waals surface area contributed by atoms with Gasteiger partial charge in [-0.2, -0.15) is 5.26 Å². The van der Waals surface area contributed by atoms with Gasteiger partial charge in [0.2, 0.25) is 5.88 Å². The maximum absolute atomic E-state index is 12.6. The molecule has 1 aromatic rings. The Morgan fingerprint density at radius 3 is 2.59 bits per heavy atom. The number of esters is 1. The van der Waals surface area contributed by atoms with Gasteiger partial charge in [-0.15, -0.1) is 0 Å². The van der Waals surface area contributed by atoms with Crippen molar-refractivity contribution >= 4 is 5.97 Å². The second kappa shape index (κ2) is 7.50. The number of methoxy groups -OCH3 is 1. The summed E-state index contributed by atoms with van der Waals surface area (Å²) in [4.78, 5) is 12.6. The first-order valence-corrected chi connectivity index (χ1v) is 8.44. The van der Waals surface area contributed by atoms with E-state index in [4.69, 9.17) is 29.4 Å². The molecule has 1 atom stereocenters. The van der Waals surface area contributed by atoms with E-state index in [1.165, 1.54) is 7.11 Å². The quantitative estimate of drug-likeness (QED) is 0.800. The molecule has 0 aliphatic carbocycles. The largest absolute Gasteiger partial charge is 0.496 e. The van der Waals surface area contributed by atoms with Gasteiger partial charge in [0.1, 0.15) is 36.4 Å². The van der Waals surface area contributed by atoms with Gasteiger partial charge in [0.25, 0.3) is 0 Å². The van der Waals surface area contributed by atoms with Gasteiger partial charge in [-0.25, -0.2) is 4.79 Å². The highest BCUT2D eigenvalue weighted by Gasteiger charge is 2.38. The van der Waals surface area contributed by atoms with Crippen molar-refractivity contribution in [1.29, 1.82) is 5.26 Å². The molecule has 2 heterocycles. The summed E-state index contributed by atoms with van der Waals surface area (Å²) >= 11 is 0. The minimum atomic E-state index is -0.812. The zero-order valence-corrected chi connectivity index (χ0v) is 15.3. The standard InChI is InChI=1S/C19H20N2O6/c1-4-24-19(22)16-10(2)27-18(21)12(9-20)17(16)11-7-14-15(8-13(11)23-3)26-6-5-25-14/h7-8,17H,4-6,21H2,1-3H3. The maximum Gasteiger partial charge on any atom is 0.338 e. The van der Waals surface area contributed by atoms with E-state index < -0.39 is 11.9 Å². The third kappa shape index (κ3) is 3.24. The molecule has 8 nitrogen and oxygen atoms in total. The van der Waals surface area contributed by atoms with Crippen LogP contribution in [0.15, 0.2) is 34.9 Å². The fourth-order valence-electron chi connectivity index (χ4n) is 3.15. The molecule has 0 bridgehead atoms. The van der Waals surface area contributed by atoms with Gasteiger partial charge < -0.3 is 29.4 Å². The van der Waals surface area contributed by atoms with Crippen molar-refractivity contribution in [3.8, 4) is 23.3 Å². The van der Waals surface area contributed by atoms with E-state index in [0.717, 1.165) is 0 Å². The normalized spacial score (nSPS) is 18.5. The molecule has 2 N–H and O–H groups in total. The minimum absolute atomic E-state index is 0.0648. The van der Waals surface area contributed by atoms with Crippen LogP contribution < -0.4 is 19.9 Å². The molecule has 0 saturated carbocycles. The van der Waals surface area contributed by atoms with Crippen LogP contribution >= 0.6 is 0 Å². The first kappa shape index (κ1) is 18.5. The summed E-state index contributed by atoms with van der Waals surface area (Å²) in [6.45, 7) is 4.31. The van der Waals surface area contributed by atoms with Gasteiger partial charge >= 0.3 is 5.97 Å². The number of rotatable bonds is 4. The summed E-state index contributed by atoms with van der Waals surface area (Å²) in [5, 5.41) is 9.67. The zero-order chi connectivity index (χ0) is 19.6. The Bertz CT molecular complexity index is 881. The van der Waals surface area contributed by atoms with E-state index in [-0.39, 0.29) is 29.4 Å². The van der Waals surface area contributed by atoms with Crippen LogP contribution in [0, 0.1) is 11.3 Å². The number of carbonyl (C=O) groups excluding carboxylic acids is 1. The van der Waals surface area contributed by atoms with Gasteiger partial charge in [-0.3, -0.25) is 0 Å². The first-order chi connectivity index (χ1) is 13.0. The fraction of sp³-hybridized carbons (Fsp3) is 0.368. The van der Waals surface area contributed by atoms with Gasteiger partial charge in [-0.05, 0) is 19.9 Å². The van der Waals surface area contributed by atoms with Gasteiger partial charge in [0.15, 0.2) is 11.5 Å². The minimum Gasteiger partial charge on any atom is -0.496 e. The fourth-order valence-corrected chi connectivity index (χ4v) is 3.15. The summed E-state index contributed by atoms with van der Waals surface area (Å²) in [7, 11) is 1.49. The second-order valence-electron chi connectivity index (χ2n) is 5.85. The number of nitrogens with zero attached hydrogens (tertiary/aromatic N) is 1. The highest BCUT2D eigenvalue weighted by atomic mass is 16.6. The number of carbonyl (C=O) groups is 1. The molecule has 0 spiro atoms. The topological polar surface area (TPSA) is 113 Å². The van der Waals surface area contributed by atoms with E-state index in [1.807, 2.05) is 6.07 Å². The van der Waals surface area contributed by atoms with Crippen LogP contribution in [0.2, 0.25) is 0 Å². The molecular formula is C19H20N2O6. The summed E-state index contributed by atoms with van der Waals surface area (Å²) in [6.07, 6.45) is 0. The lowest BCUT2D eigenvalue weighted by Crippen LogP contribution is -2.26. The Kier molecular flexibility index (Phi) is 5.12. The molecule has 8 heteroatoms. The molecule has 2 aliphatic rings. The predicted molar refractivity (Wildman–Crippen MR) is 94.0 cm³/mol. The summed E-state index contributed by atoms with van der Waals surface area (Å²) in [5.41, 5.74) is 6.75. The number of nitrogens with two attached hydrogens (primary N) is 1. The van der Waals surface area contributed by atoms with Crippen LogP contribution in [0.5, 0.6) is 17.2 Å². The zero-order valence-electron chi connectivity index (χ0n) is 15.3. The molecule has 0 radical (unpaired) electrons. The number of fused-ring (bicyclic) bond motifs is 1. The number of hydrogen-bond donors (Lipinski definition) is 1. The average molecular weight is 372 g/mol. The van der Waals surface area contributed by atoms with Crippen LogP contribution in [0.3, 0.4) is 0 Å². The van der Waals surface area contributed by atoms with E-state index in [2.05, 4.69) is 0 Å². The Hall–Kier alpha value is -3.34. The maximum atomic E-state index is 12.6. The Morgan fingerprint density at radius 1 is 1.33 bits per heavy atom. The lowest BCUT2D eigenvalue weighted by molar-refractivity contribution is -0.139. The highest BCUT2D eigenvalue weighted by molar-refractivity contribution is 5.93. The van der Waals surface area contributed by atoms with Crippen molar-refractivity contribution in [3.05, 3.63) is 40.5 Å². The van der Waals surface area contributed by atoms with Crippen LogP contribution in [0.25, 0.3) is 0 Å². The monoisotopic (exact) mass is 372 g/mol. The Balaban J connectivity index is 2.22.